The van der Waals surface area contributed by atoms with Crippen LogP contribution in [-0.4, -0.2) is 12.7 Å². The number of allylic oxidation sites excluding steroid dienone is 5. The fraction of sp³-hybridized carbons (Fsp3) is 0.308. The van der Waals surface area contributed by atoms with Crippen LogP contribution in [-0.2, 0) is 9.47 Å². The van der Waals surface area contributed by atoms with Crippen LogP contribution in [0.4, 0.5) is 0 Å². The number of hydrogen-bond acceptors (Lipinski definition) is 3. The second-order valence-electron chi connectivity index (χ2n) is 3.24. The Labute approximate surface area is 96.0 Å². The van der Waals surface area contributed by atoms with Crippen molar-refractivity contribution >= 4 is 0 Å². The first-order valence-corrected chi connectivity index (χ1v) is 5.14. The Morgan fingerprint density at radius 3 is 2.94 bits per heavy atom. The van der Waals surface area contributed by atoms with Gasteiger partial charge in [-0.1, -0.05) is 24.8 Å². The van der Waals surface area contributed by atoms with E-state index in [9.17, 15) is 0 Å². The van der Waals surface area contributed by atoms with E-state index in [4.69, 9.17) is 14.7 Å². The average Bonchev–Trinajstić information content (AvgIpc) is 2.29. The molecule has 1 atom stereocenters. The van der Waals surface area contributed by atoms with Crippen molar-refractivity contribution in [2.24, 2.45) is 0 Å². The maximum absolute atomic E-state index is 8.59. The molecule has 0 spiro atoms. The Balaban J connectivity index is 2.80. The lowest BCUT2D eigenvalue weighted by Gasteiger charge is -2.26. The van der Waals surface area contributed by atoms with Gasteiger partial charge >= 0.3 is 0 Å². The molecule has 3 nitrogen and oxygen atoms in total. The van der Waals surface area contributed by atoms with E-state index in [2.05, 4.69) is 12.6 Å². The Hall–Kier alpha value is -1.95. The number of ether oxygens (including phenoxy) is 2. The summed E-state index contributed by atoms with van der Waals surface area (Å²) in [5, 5.41) is 8.59. The second-order valence-corrected chi connectivity index (χ2v) is 3.24. The first-order chi connectivity index (χ1) is 7.81. The van der Waals surface area contributed by atoms with E-state index in [0.717, 1.165) is 0 Å². The van der Waals surface area contributed by atoms with Gasteiger partial charge < -0.3 is 9.47 Å². The van der Waals surface area contributed by atoms with Gasteiger partial charge in [0.05, 0.1) is 12.5 Å². The van der Waals surface area contributed by atoms with Crippen LogP contribution in [0, 0.1) is 11.3 Å². The molecule has 84 valence electrons. The lowest BCUT2D eigenvalue weighted by atomic mass is 10.2. The molecule has 0 aliphatic carbocycles. The standard InChI is InChI=1S/C13H15NO2/c1-3-5-7-12-13(6-4-2)16-11(8-9-14)10-15-12/h3-7,11H,2,8,10H2,1H3/b5-3-,12-7+,13-6+. The molecule has 1 aliphatic heterocycles. The van der Waals surface area contributed by atoms with Gasteiger partial charge in [0.2, 0.25) is 0 Å². The largest absolute Gasteiger partial charge is 0.486 e. The summed E-state index contributed by atoms with van der Waals surface area (Å²) < 4.78 is 11.1. The summed E-state index contributed by atoms with van der Waals surface area (Å²) >= 11 is 0. The van der Waals surface area contributed by atoms with Gasteiger partial charge in [-0.2, -0.15) is 5.26 Å². The van der Waals surface area contributed by atoms with Gasteiger partial charge in [-0.05, 0) is 19.1 Å². The van der Waals surface area contributed by atoms with Gasteiger partial charge in [0.1, 0.15) is 12.7 Å². The van der Waals surface area contributed by atoms with Crippen molar-refractivity contribution in [2.75, 3.05) is 6.61 Å². The molecule has 1 aliphatic rings. The summed E-state index contributed by atoms with van der Waals surface area (Å²) in [4.78, 5) is 0. The van der Waals surface area contributed by atoms with Crippen molar-refractivity contribution in [3.63, 3.8) is 0 Å². The van der Waals surface area contributed by atoms with Crippen LogP contribution < -0.4 is 0 Å². The van der Waals surface area contributed by atoms with Gasteiger partial charge in [-0.3, -0.25) is 0 Å². The smallest absolute Gasteiger partial charge is 0.161 e. The Kier molecular flexibility index (Phi) is 4.94. The molecule has 0 N–H and O–H groups in total. The normalized spacial score (nSPS) is 25.1. The molecule has 0 amide bonds. The number of nitriles is 1. The molecular formula is C13H15NO2. The molecule has 16 heavy (non-hydrogen) atoms. The molecule has 0 bridgehead atoms. The highest BCUT2D eigenvalue weighted by Gasteiger charge is 2.22. The van der Waals surface area contributed by atoms with E-state index < -0.39 is 0 Å². The Morgan fingerprint density at radius 2 is 2.31 bits per heavy atom. The summed E-state index contributed by atoms with van der Waals surface area (Å²) in [7, 11) is 0. The maximum atomic E-state index is 8.59. The third-order valence-corrected chi connectivity index (χ3v) is 1.99. The number of rotatable bonds is 3. The van der Waals surface area contributed by atoms with Crippen molar-refractivity contribution in [1.29, 1.82) is 5.26 Å². The van der Waals surface area contributed by atoms with E-state index in [1.807, 2.05) is 25.2 Å². The lowest BCUT2D eigenvalue weighted by molar-refractivity contribution is -0.00398. The summed E-state index contributed by atoms with van der Waals surface area (Å²) in [6.07, 6.45) is 9.11. The monoisotopic (exact) mass is 217 g/mol. The van der Waals surface area contributed by atoms with Gasteiger partial charge in [-0.25, -0.2) is 0 Å². The molecule has 0 aromatic rings. The second kappa shape index (κ2) is 6.52. The Morgan fingerprint density at radius 1 is 1.50 bits per heavy atom. The van der Waals surface area contributed by atoms with Crippen LogP contribution in [0.3, 0.4) is 0 Å². The quantitative estimate of drug-likeness (QED) is 0.730. The van der Waals surface area contributed by atoms with E-state index in [1.165, 1.54) is 0 Å². The molecular weight excluding hydrogens is 202 g/mol. The minimum atomic E-state index is -0.195. The van der Waals surface area contributed by atoms with Gasteiger partial charge in [-0.15, -0.1) is 0 Å². The van der Waals surface area contributed by atoms with Crippen molar-refractivity contribution < 1.29 is 9.47 Å². The van der Waals surface area contributed by atoms with Crippen molar-refractivity contribution in [1.82, 2.24) is 0 Å². The van der Waals surface area contributed by atoms with Crippen LogP contribution in [0.15, 0.2) is 48.5 Å². The van der Waals surface area contributed by atoms with Crippen LogP contribution in [0.1, 0.15) is 13.3 Å². The number of hydrogen-bond donors (Lipinski definition) is 0. The first kappa shape index (κ1) is 12.1. The molecule has 3 heteroatoms. The molecule has 1 rings (SSSR count). The minimum Gasteiger partial charge on any atom is -0.486 e. The molecule has 0 saturated carbocycles. The summed E-state index contributed by atoms with van der Waals surface area (Å²) in [5.74, 6) is 1.30. The van der Waals surface area contributed by atoms with Gasteiger partial charge in [0.25, 0.3) is 0 Å². The van der Waals surface area contributed by atoms with Crippen LogP contribution >= 0.6 is 0 Å². The fourth-order valence-corrected chi connectivity index (χ4v) is 1.27. The van der Waals surface area contributed by atoms with Crippen LogP contribution in [0.25, 0.3) is 0 Å². The van der Waals surface area contributed by atoms with Crippen molar-refractivity contribution in [3.8, 4) is 6.07 Å². The molecule has 1 saturated heterocycles. The zero-order valence-electron chi connectivity index (χ0n) is 9.35. The first-order valence-electron chi connectivity index (χ1n) is 5.14. The van der Waals surface area contributed by atoms with E-state index >= 15 is 0 Å². The third kappa shape index (κ3) is 3.32. The Bertz CT molecular complexity index is 372. The molecule has 1 heterocycles. The zero-order chi connectivity index (χ0) is 11.8. The summed E-state index contributed by atoms with van der Waals surface area (Å²) in [5.41, 5.74) is 0. The number of nitrogens with zero attached hydrogens (tertiary/aromatic N) is 1. The zero-order valence-corrected chi connectivity index (χ0v) is 9.35. The molecule has 1 unspecified atom stereocenters. The molecule has 0 aromatic carbocycles. The van der Waals surface area contributed by atoms with Crippen LogP contribution in [0.5, 0.6) is 0 Å². The lowest BCUT2D eigenvalue weighted by Crippen LogP contribution is -2.25. The summed E-state index contributed by atoms with van der Waals surface area (Å²) in [6.45, 7) is 5.95. The minimum absolute atomic E-state index is 0.195. The van der Waals surface area contributed by atoms with Gasteiger partial charge in [0, 0.05) is 0 Å². The van der Waals surface area contributed by atoms with Crippen molar-refractivity contribution in [3.05, 3.63) is 48.5 Å². The SMILES string of the molecule is C=C/C=C1/OC(CC#N)CO/C1=C/C=C\C. The maximum Gasteiger partial charge on any atom is 0.161 e. The average molecular weight is 217 g/mol. The highest BCUT2D eigenvalue weighted by atomic mass is 16.6. The predicted octanol–water partition coefficient (Wildman–Crippen LogP) is 2.85. The highest BCUT2D eigenvalue weighted by molar-refractivity contribution is 5.28. The molecule has 0 radical (unpaired) electrons. The van der Waals surface area contributed by atoms with Crippen molar-refractivity contribution in [2.45, 2.75) is 19.4 Å². The van der Waals surface area contributed by atoms with E-state index in [0.29, 0.717) is 24.5 Å². The van der Waals surface area contributed by atoms with Crippen LogP contribution in [0.2, 0.25) is 0 Å². The predicted molar refractivity (Wildman–Crippen MR) is 62.2 cm³/mol. The molecule has 0 aromatic heterocycles. The summed E-state index contributed by atoms with van der Waals surface area (Å²) in [6, 6.07) is 2.07. The topological polar surface area (TPSA) is 42.2 Å². The highest BCUT2D eigenvalue weighted by Crippen LogP contribution is 2.23. The van der Waals surface area contributed by atoms with E-state index in [1.54, 1.807) is 12.2 Å². The molecule has 1 fully saturated rings. The third-order valence-electron chi connectivity index (χ3n) is 1.99. The van der Waals surface area contributed by atoms with Gasteiger partial charge in [0.15, 0.2) is 11.5 Å². The fourth-order valence-electron chi connectivity index (χ4n) is 1.27. The van der Waals surface area contributed by atoms with E-state index in [-0.39, 0.29) is 6.10 Å².